The third kappa shape index (κ3) is 9.52. The highest BCUT2D eigenvalue weighted by Gasteiger charge is 2.06. The summed E-state index contributed by atoms with van der Waals surface area (Å²) in [6, 6.07) is 6.16. The van der Waals surface area contributed by atoms with Crippen LogP contribution in [-0.2, 0) is 16.1 Å². The van der Waals surface area contributed by atoms with Crippen molar-refractivity contribution in [3.63, 3.8) is 0 Å². The van der Waals surface area contributed by atoms with E-state index >= 15 is 0 Å². The van der Waals surface area contributed by atoms with Gasteiger partial charge in [-0.2, -0.15) is 0 Å². The molecule has 1 rings (SSSR count). The van der Waals surface area contributed by atoms with Crippen molar-refractivity contribution in [3.05, 3.63) is 29.3 Å². The lowest BCUT2D eigenvalue weighted by Gasteiger charge is -2.15. The van der Waals surface area contributed by atoms with Crippen molar-refractivity contribution in [2.45, 2.75) is 40.2 Å². The quantitative estimate of drug-likeness (QED) is 0.194. The smallest absolute Gasteiger partial charge is 0.305 e. The molecule has 0 saturated carbocycles. The highest BCUT2D eigenvalue weighted by atomic mass is 127. The number of aryl methyl sites for hydroxylation is 1. The zero-order chi connectivity index (χ0) is 17.8. The van der Waals surface area contributed by atoms with Crippen LogP contribution in [0, 0.1) is 6.92 Å². The van der Waals surface area contributed by atoms with Crippen LogP contribution in [0.2, 0.25) is 0 Å². The van der Waals surface area contributed by atoms with Gasteiger partial charge in [0.25, 0.3) is 0 Å². The van der Waals surface area contributed by atoms with Crippen LogP contribution in [0.25, 0.3) is 0 Å². The number of aliphatic imine (C=N–C) groups is 1. The van der Waals surface area contributed by atoms with Crippen molar-refractivity contribution in [1.82, 2.24) is 10.6 Å². The molecular formula is C18H30IN3O3. The summed E-state index contributed by atoms with van der Waals surface area (Å²) in [5.41, 5.74) is 2.25. The van der Waals surface area contributed by atoms with Gasteiger partial charge < -0.3 is 20.1 Å². The number of ether oxygens (including phenoxy) is 2. The van der Waals surface area contributed by atoms with Crippen molar-refractivity contribution < 1.29 is 14.3 Å². The first-order chi connectivity index (χ1) is 11.6. The number of rotatable bonds is 9. The van der Waals surface area contributed by atoms with Crippen molar-refractivity contribution in [2.75, 3.05) is 26.8 Å². The minimum atomic E-state index is -0.164. The van der Waals surface area contributed by atoms with Crippen LogP contribution in [0.4, 0.5) is 0 Å². The van der Waals surface area contributed by atoms with Crippen LogP contribution >= 0.6 is 24.0 Å². The van der Waals surface area contributed by atoms with E-state index in [0.717, 1.165) is 11.3 Å². The van der Waals surface area contributed by atoms with Crippen LogP contribution in [0.3, 0.4) is 0 Å². The molecule has 1 aromatic carbocycles. The molecule has 1 aromatic rings. The molecule has 7 heteroatoms. The average Bonchev–Trinajstić information content (AvgIpc) is 2.56. The van der Waals surface area contributed by atoms with Crippen LogP contribution in [-0.4, -0.2) is 38.7 Å². The lowest BCUT2D eigenvalue weighted by atomic mass is 10.1. The fraction of sp³-hybridized carbons (Fsp3) is 0.556. The number of esters is 1. The Balaban J connectivity index is 0.00000576. The number of nitrogens with zero attached hydrogens (tertiary/aromatic N) is 1. The molecule has 0 aliphatic carbocycles. The van der Waals surface area contributed by atoms with E-state index in [2.05, 4.69) is 27.8 Å². The molecule has 0 spiro atoms. The Morgan fingerprint density at radius 3 is 2.60 bits per heavy atom. The van der Waals surface area contributed by atoms with E-state index in [1.807, 2.05) is 26.8 Å². The predicted molar refractivity (Wildman–Crippen MR) is 112 cm³/mol. The van der Waals surface area contributed by atoms with E-state index in [1.54, 1.807) is 7.05 Å². The highest BCUT2D eigenvalue weighted by Crippen LogP contribution is 2.20. The van der Waals surface area contributed by atoms with Gasteiger partial charge >= 0.3 is 5.97 Å². The second-order valence-electron chi connectivity index (χ2n) is 5.31. The molecule has 0 heterocycles. The summed E-state index contributed by atoms with van der Waals surface area (Å²) < 4.78 is 10.6. The molecule has 0 aromatic heterocycles. The number of hydrogen-bond donors (Lipinski definition) is 2. The minimum Gasteiger partial charge on any atom is -0.494 e. The molecule has 142 valence electrons. The SMILES string of the molecule is CCOC(=O)CCCNC(=NC)NCc1ccc(C)cc1OCC.I. The molecule has 0 fully saturated rings. The molecule has 0 aliphatic heterocycles. The van der Waals surface area contributed by atoms with Gasteiger partial charge in [0.1, 0.15) is 5.75 Å². The Hall–Kier alpha value is -1.51. The first-order valence-electron chi connectivity index (χ1n) is 8.43. The van der Waals surface area contributed by atoms with Crippen molar-refractivity contribution in [2.24, 2.45) is 4.99 Å². The van der Waals surface area contributed by atoms with E-state index in [-0.39, 0.29) is 29.9 Å². The van der Waals surface area contributed by atoms with Gasteiger partial charge in [-0.25, -0.2) is 0 Å². The summed E-state index contributed by atoms with van der Waals surface area (Å²) in [6.45, 7) is 8.17. The molecule has 0 atom stereocenters. The van der Waals surface area contributed by atoms with Gasteiger partial charge in [0.15, 0.2) is 5.96 Å². The third-order valence-electron chi connectivity index (χ3n) is 3.35. The summed E-state index contributed by atoms with van der Waals surface area (Å²) >= 11 is 0. The van der Waals surface area contributed by atoms with Gasteiger partial charge in [0.2, 0.25) is 0 Å². The van der Waals surface area contributed by atoms with Crippen molar-refractivity contribution >= 4 is 35.9 Å². The van der Waals surface area contributed by atoms with Gasteiger partial charge in [0, 0.05) is 32.1 Å². The summed E-state index contributed by atoms with van der Waals surface area (Å²) in [5.74, 6) is 1.42. The second-order valence-corrected chi connectivity index (χ2v) is 5.31. The van der Waals surface area contributed by atoms with E-state index in [9.17, 15) is 4.79 Å². The molecule has 0 aliphatic rings. The lowest BCUT2D eigenvalue weighted by Crippen LogP contribution is -2.37. The number of carbonyl (C=O) groups excluding carboxylic acids is 1. The molecule has 0 amide bonds. The van der Waals surface area contributed by atoms with E-state index < -0.39 is 0 Å². The summed E-state index contributed by atoms with van der Waals surface area (Å²) in [6.07, 6.45) is 1.11. The van der Waals surface area contributed by atoms with Crippen LogP contribution < -0.4 is 15.4 Å². The Bertz CT molecular complexity index is 550. The first kappa shape index (κ1) is 23.5. The van der Waals surface area contributed by atoms with Gasteiger partial charge in [-0.1, -0.05) is 12.1 Å². The molecule has 0 radical (unpaired) electrons. The summed E-state index contributed by atoms with van der Waals surface area (Å²) in [4.78, 5) is 15.5. The van der Waals surface area contributed by atoms with E-state index in [1.165, 1.54) is 5.56 Å². The maximum absolute atomic E-state index is 11.3. The Morgan fingerprint density at radius 1 is 1.20 bits per heavy atom. The molecular weight excluding hydrogens is 433 g/mol. The number of halogens is 1. The van der Waals surface area contributed by atoms with Crippen LogP contribution in [0.15, 0.2) is 23.2 Å². The Morgan fingerprint density at radius 2 is 1.96 bits per heavy atom. The van der Waals surface area contributed by atoms with Gasteiger partial charge in [-0.15, -0.1) is 24.0 Å². The second kappa shape index (κ2) is 13.7. The van der Waals surface area contributed by atoms with E-state index in [0.29, 0.717) is 45.1 Å². The lowest BCUT2D eigenvalue weighted by molar-refractivity contribution is -0.143. The maximum atomic E-state index is 11.3. The average molecular weight is 463 g/mol. The standard InChI is InChI=1S/C18H29N3O3.HI/c1-5-23-16-12-14(3)9-10-15(16)13-21-18(19-4)20-11-7-8-17(22)24-6-2;/h9-10,12H,5-8,11,13H2,1-4H3,(H2,19,20,21);1H. The van der Waals surface area contributed by atoms with Gasteiger partial charge in [0.05, 0.1) is 13.2 Å². The third-order valence-corrected chi connectivity index (χ3v) is 3.35. The Kier molecular flexibility index (Phi) is 12.9. The van der Waals surface area contributed by atoms with Crippen LogP contribution in [0.1, 0.15) is 37.8 Å². The van der Waals surface area contributed by atoms with Crippen molar-refractivity contribution in [1.29, 1.82) is 0 Å². The fourth-order valence-electron chi connectivity index (χ4n) is 2.17. The minimum absolute atomic E-state index is 0. The zero-order valence-electron chi connectivity index (χ0n) is 15.6. The van der Waals surface area contributed by atoms with Gasteiger partial charge in [-0.05, 0) is 38.8 Å². The van der Waals surface area contributed by atoms with Crippen molar-refractivity contribution in [3.8, 4) is 5.75 Å². The number of benzene rings is 1. The topological polar surface area (TPSA) is 72.0 Å². The highest BCUT2D eigenvalue weighted by molar-refractivity contribution is 14.0. The van der Waals surface area contributed by atoms with Gasteiger partial charge in [-0.3, -0.25) is 9.79 Å². The largest absolute Gasteiger partial charge is 0.494 e. The molecule has 0 bridgehead atoms. The number of carbonyl (C=O) groups is 1. The summed E-state index contributed by atoms with van der Waals surface area (Å²) in [5, 5.41) is 6.45. The van der Waals surface area contributed by atoms with E-state index in [4.69, 9.17) is 9.47 Å². The fourth-order valence-corrected chi connectivity index (χ4v) is 2.17. The Labute approximate surface area is 167 Å². The number of nitrogens with one attached hydrogen (secondary N) is 2. The molecule has 6 nitrogen and oxygen atoms in total. The molecule has 0 saturated heterocycles. The molecule has 25 heavy (non-hydrogen) atoms. The zero-order valence-corrected chi connectivity index (χ0v) is 17.9. The normalized spacial score (nSPS) is 10.6. The number of guanidine groups is 1. The molecule has 2 N–H and O–H groups in total. The maximum Gasteiger partial charge on any atom is 0.305 e. The van der Waals surface area contributed by atoms with Crippen LogP contribution in [0.5, 0.6) is 5.75 Å². The monoisotopic (exact) mass is 463 g/mol. The first-order valence-corrected chi connectivity index (χ1v) is 8.43. The predicted octanol–water partition coefficient (Wildman–Crippen LogP) is 3.02. The molecule has 0 unspecified atom stereocenters. The summed E-state index contributed by atoms with van der Waals surface area (Å²) in [7, 11) is 1.72. The number of hydrogen-bond acceptors (Lipinski definition) is 4.